The maximum atomic E-state index is 7.60. The van der Waals surface area contributed by atoms with Crippen molar-refractivity contribution in [1.82, 2.24) is 0 Å². The summed E-state index contributed by atoms with van der Waals surface area (Å²) in [5.74, 6) is 0. The third-order valence-corrected chi connectivity index (χ3v) is 16.2. The van der Waals surface area contributed by atoms with Gasteiger partial charge in [0, 0.05) is 64.2 Å². The summed E-state index contributed by atoms with van der Waals surface area (Å²) in [5.41, 5.74) is 17.7. The zero-order valence-corrected chi connectivity index (χ0v) is 39.2. The molecule has 0 radical (unpaired) electrons. The second-order valence-corrected chi connectivity index (χ2v) is 19.7. The predicted molar refractivity (Wildman–Crippen MR) is 297 cm³/mol. The molecule has 0 aliphatic heterocycles. The lowest BCUT2D eigenvalue weighted by atomic mass is 9.67. The Hall–Kier alpha value is -8.96. The average Bonchev–Trinajstić information content (AvgIpc) is 4.20. The molecule has 0 amide bonds. The Labute approximate surface area is 413 Å². The van der Waals surface area contributed by atoms with Crippen LogP contribution in [0.1, 0.15) is 22.3 Å². The number of nitrogens with zero attached hydrogens (tertiary/aromatic N) is 1. The quantitative estimate of drug-likeness (QED) is 0.160. The number of anilines is 3. The highest BCUT2D eigenvalue weighted by Crippen LogP contribution is 2.58. The molecule has 11 aromatic carbocycles. The first-order chi connectivity index (χ1) is 35.2. The van der Waals surface area contributed by atoms with Gasteiger partial charge in [0.25, 0.3) is 0 Å². The monoisotopic (exact) mass is 923 g/mol. The number of thiophene rings is 1. The number of rotatable bonds is 7. The number of furan rings is 2. The molecule has 14 aromatic rings. The number of fused-ring (bicyclic) bond motifs is 12. The van der Waals surface area contributed by atoms with E-state index in [0.29, 0.717) is 0 Å². The summed E-state index contributed by atoms with van der Waals surface area (Å²) in [6, 6.07) is 90.3. The van der Waals surface area contributed by atoms with Crippen LogP contribution in [0, 0.1) is 0 Å². The highest BCUT2D eigenvalue weighted by molar-refractivity contribution is 7.26. The van der Waals surface area contributed by atoms with Crippen LogP contribution in [-0.4, -0.2) is 0 Å². The Kier molecular flexibility index (Phi) is 8.74. The summed E-state index contributed by atoms with van der Waals surface area (Å²) in [6.07, 6.45) is 0. The summed E-state index contributed by atoms with van der Waals surface area (Å²) < 4.78 is 16.9. The molecule has 3 nitrogen and oxygen atoms in total. The van der Waals surface area contributed by atoms with Gasteiger partial charge < -0.3 is 13.7 Å². The van der Waals surface area contributed by atoms with E-state index in [1.807, 2.05) is 17.4 Å². The van der Waals surface area contributed by atoms with Gasteiger partial charge in [-0.05, 0) is 93.0 Å². The fourth-order valence-electron chi connectivity index (χ4n) is 12.0. The molecule has 0 saturated carbocycles. The number of para-hydroxylation sites is 2. The van der Waals surface area contributed by atoms with E-state index in [1.54, 1.807) is 0 Å². The zero-order valence-electron chi connectivity index (χ0n) is 38.3. The third-order valence-electron chi connectivity index (χ3n) is 14.9. The first-order valence-corrected chi connectivity index (χ1v) is 25.1. The molecule has 1 aliphatic carbocycles. The summed E-state index contributed by atoms with van der Waals surface area (Å²) in [7, 11) is 0. The molecular weight excluding hydrogens is 883 g/mol. The highest BCUT2D eigenvalue weighted by Gasteiger charge is 2.46. The molecule has 71 heavy (non-hydrogen) atoms. The minimum Gasteiger partial charge on any atom is -0.456 e. The van der Waals surface area contributed by atoms with Gasteiger partial charge in [-0.25, -0.2) is 0 Å². The van der Waals surface area contributed by atoms with Crippen molar-refractivity contribution in [2.45, 2.75) is 5.41 Å². The summed E-state index contributed by atoms with van der Waals surface area (Å²) in [6.45, 7) is 0. The van der Waals surface area contributed by atoms with Crippen molar-refractivity contribution in [2.75, 3.05) is 4.90 Å². The van der Waals surface area contributed by atoms with Crippen molar-refractivity contribution in [3.63, 3.8) is 0 Å². The maximum absolute atomic E-state index is 7.60. The lowest BCUT2D eigenvalue weighted by Gasteiger charge is -2.35. The molecular formula is C67H41NO2S. The van der Waals surface area contributed by atoms with Gasteiger partial charge in [-0.3, -0.25) is 0 Å². The van der Waals surface area contributed by atoms with Gasteiger partial charge in [-0.15, -0.1) is 11.3 Å². The van der Waals surface area contributed by atoms with Crippen LogP contribution >= 0.6 is 11.3 Å². The topological polar surface area (TPSA) is 29.5 Å². The van der Waals surface area contributed by atoms with Crippen molar-refractivity contribution in [3.05, 3.63) is 271 Å². The van der Waals surface area contributed by atoms with Crippen molar-refractivity contribution >= 4 is 92.4 Å². The Morgan fingerprint density at radius 2 is 0.986 bits per heavy atom. The molecule has 3 aromatic heterocycles. The van der Waals surface area contributed by atoms with Crippen molar-refractivity contribution in [2.24, 2.45) is 0 Å². The molecule has 0 saturated heterocycles. The average molecular weight is 924 g/mol. The smallest absolute Gasteiger partial charge is 0.159 e. The lowest BCUT2D eigenvalue weighted by Crippen LogP contribution is -2.28. The first kappa shape index (κ1) is 40.0. The van der Waals surface area contributed by atoms with E-state index in [2.05, 4.69) is 248 Å². The van der Waals surface area contributed by atoms with Crippen LogP contribution in [0.3, 0.4) is 0 Å². The fourth-order valence-corrected chi connectivity index (χ4v) is 13.2. The second-order valence-electron chi connectivity index (χ2n) is 18.6. The van der Waals surface area contributed by atoms with Crippen LogP contribution in [0.15, 0.2) is 258 Å². The molecule has 1 aliphatic rings. The van der Waals surface area contributed by atoms with Crippen LogP contribution in [0.5, 0.6) is 0 Å². The molecule has 0 atom stereocenters. The standard InChI is InChI=1S/C67H41NO2S/c1-4-19-42(20-5-1)43-21-16-26-46(39-43)68(47-37-38-49-48-27-10-13-33-56(48)67(57(49)40-47,44-22-6-2-7-23-44)45-24-8-3-9-25-45)58-34-18-30-51-55-41-60-62(53-29-11-14-35-59(53)69-60)63(65(55)70-64(51)58)54-32-17-31-52-50-28-12-15-36-61(50)71-66(52)54/h1-41H. The molecule has 0 spiro atoms. The van der Waals surface area contributed by atoms with E-state index in [0.717, 1.165) is 83.2 Å². The Bertz CT molecular complexity index is 4370. The lowest BCUT2D eigenvalue weighted by molar-refractivity contribution is 0.665. The minimum atomic E-state index is -0.577. The number of hydrogen-bond acceptors (Lipinski definition) is 4. The Morgan fingerprint density at radius 1 is 0.366 bits per heavy atom. The van der Waals surface area contributed by atoms with Crippen LogP contribution in [-0.2, 0) is 5.41 Å². The zero-order chi connectivity index (χ0) is 46.6. The molecule has 3 heterocycles. The van der Waals surface area contributed by atoms with Gasteiger partial charge in [0.1, 0.15) is 16.7 Å². The fraction of sp³-hybridized carbons (Fsp3) is 0.0149. The normalized spacial score (nSPS) is 12.9. The summed E-state index contributed by atoms with van der Waals surface area (Å²) in [5, 5.41) is 6.65. The summed E-state index contributed by atoms with van der Waals surface area (Å²) >= 11 is 1.84. The Balaban J connectivity index is 1.04. The second kappa shape index (κ2) is 15.5. The summed E-state index contributed by atoms with van der Waals surface area (Å²) in [4.78, 5) is 2.41. The van der Waals surface area contributed by atoms with Gasteiger partial charge in [0.05, 0.1) is 11.1 Å². The molecule has 0 bridgehead atoms. The van der Waals surface area contributed by atoms with Crippen molar-refractivity contribution in [1.29, 1.82) is 0 Å². The van der Waals surface area contributed by atoms with Crippen molar-refractivity contribution < 1.29 is 8.83 Å². The van der Waals surface area contributed by atoms with Crippen LogP contribution in [0.2, 0.25) is 0 Å². The molecule has 4 heteroatoms. The van der Waals surface area contributed by atoms with Gasteiger partial charge in [-0.1, -0.05) is 200 Å². The van der Waals surface area contributed by atoms with E-state index in [4.69, 9.17) is 8.83 Å². The van der Waals surface area contributed by atoms with Crippen LogP contribution in [0.4, 0.5) is 17.1 Å². The first-order valence-electron chi connectivity index (χ1n) is 24.2. The van der Waals surface area contributed by atoms with Gasteiger partial charge in [0.15, 0.2) is 5.58 Å². The van der Waals surface area contributed by atoms with E-state index in [1.165, 1.54) is 53.6 Å². The number of benzene rings is 11. The molecule has 0 N–H and O–H groups in total. The minimum absolute atomic E-state index is 0.577. The molecule has 0 fully saturated rings. The van der Waals surface area contributed by atoms with Crippen molar-refractivity contribution in [3.8, 4) is 33.4 Å². The third kappa shape index (κ3) is 5.83. The molecule has 15 rings (SSSR count). The SMILES string of the molecule is c1ccc(-c2cccc(N(c3ccc4c(c3)C(c3ccccc3)(c3ccccc3)c3ccccc3-4)c3cccc4c3oc3c(-c5cccc6c5sc5ccccc56)c5c(cc34)oc3ccccc35)c2)cc1. The van der Waals surface area contributed by atoms with Crippen LogP contribution in [0.25, 0.3) is 97.4 Å². The van der Waals surface area contributed by atoms with Gasteiger partial charge >= 0.3 is 0 Å². The van der Waals surface area contributed by atoms with Gasteiger partial charge in [-0.2, -0.15) is 0 Å². The van der Waals surface area contributed by atoms with Crippen LogP contribution < -0.4 is 4.90 Å². The highest BCUT2D eigenvalue weighted by atomic mass is 32.1. The van der Waals surface area contributed by atoms with Gasteiger partial charge in [0.2, 0.25) is 0 Å². The Morgan fingerprint density at radius 3 is 1.82 bits per heavy atom. The van der Waals surface area contributed by atoms with E-state index >= 15 is 0 Å². The largest absolute Gasteiger partial charge is 0.456 e. The van der Waals surface area contributed by atoms with E-state index in [9.17, 15) is 0 Å². The number of hydrogen-bond donors (Lipinski definition) is 0. The van der Waals surface area contributed by atoms with E-state index < -0.39 is 5.41 Å². The molecule has 0 unspecified atom stereocenters. The maximum Gasteiger partial charge on any atom is 0.159 e. The van der Waals surface area contributed by atoms with E-state index in [-0.39, 0.29) is 0 Å². The molecule has 332 valence electrons. The predicted octanol–water partition coefficient (Wildman–Crippen LogP) is 19.0.